The van der Waals surface area contributed by atoms with Crippen molar-refractivity contribution in [2.45, 2.75) is 5.54 Å². The minimum Gasteiger partial charge on any atom is -0.348 e. The van der Waals surface area contributed by atoms with Gasteiger partial charge in [-0.1, -0.05) is 6.07 Å². The van der Waals surface area contributed by atoms with Gasteiger partial charge in [0, 0.05) is 25.6 Å². The van der Waals surface area contributed by atoms with Crippen LogP contribution in [-0.2, 0) is 17.4 Å². The molecule has 0 radical (unpaired) electrons. The van der Waals surface area contributed by atoms with Crippen molar-refractivity contribution in [3.63, 3.8) is 0 Å². The third-order valence-corrected chi connectivity index (χ3v) is 5.91. The number of imidazole rings is 2. The molecule has 10 nitrogen and oxygen atoms in total. The first-order valence-electron chi connectivity index (χ1n) is 8.74. The van der Waals surface area contributed by atoms with Crippen molar-refractivity contribution < 1.29 is 14.4 Å². The molecule has 0 spiro atoms. The number of fused-ring (bicyclic) bond motifs is 3. The molecule has 0 bridgehead atoms. The summed E-state index contributed by atoms with van der Waals surface area (Å²) in [7, 11) is 1.71. The number of carbonyl (C=O) groups excluding carboxylic acids is 3. The lowest BCUT2D eigenvalue weighted by atomic mass is 9.98. The predicted molar refractivity (Wildman–Crippen MR) is 104 cm³/mol. The molecule has 4 aromatic heterocycles. The van der Waals surface area contributed by atoms with E-state index in [1.165, 1.54) is 17.5 Å². The van der Waals surface area contributed by atoms with E-state index in [9.17, 15) is 14.4 Å². The molecule has 0 saturated carbocycles. The number of nitrogens with one attached hydrogen (secondary N) is 3. The van der Waals surface area contributed by atoms with Crippen LogP contribution < -0.4 is 16.0 Å². The van der Waals surface area contributed by atoms with Crippen molar-refractivity contribution in [2.24, 2.45) is 7.05 Å². The number of rotatable bonds is 4. The summed E-state index contributed by atoms with van der Waals surface area (Å²) in [6.07, 6.45) is 5.07. The van der Waals surface area contributed by atoms with Crippen LogP contribution >= 0.6 is 11.3 Å². The summed E-state index contributed by atoms with van der Waals surface area (Å²) >= 11 is 1.26. The van der Waals surface area contributed by atoms with Crippen molar-refractivity contribution in [3.8, 4) is 0 Å². The van der Waals surface area contributed by atoms with Crippen LogP contribution in [0.25, 0.3) is 16.0 Å². The Morgan fingerprint density at radius 1 is 1.31 bits per heavy atom. The highest BCUT2D eigenvalue weighted by Crippen LogP contribution is 2.27. The Labute approximate surface area is 167 Å². The van der Waals surface area contributed by atoms with Crippen LogP contribution in [0.2, 0.25) is 0 Å². The molecule has 1 fully saturated rings. The number of imide groups is 1. The smallest absolute Gasteiger partial charge is 0.322 e. The number of hydrogen-bond donors (Lipinski definition) is 3. The van der Waals surface area contributed by atoms with Gasteiger partial charge in [-0.15, -0.1) is 11.3 Å². The largest absolute Gasteiger partial charge is 0.348 e. The van der Waals surface area contributed by atoms with Crippen LogP contribution in [0.3, 0.4) is 0 Å². The van der Waals surface area contributed by atoms with Crippen molar-refractivity contribution in [2.75, 3.05) is 6.54 Å². The molecule has 1 atom stereocenters. The van der Waals surface area contributed by atoms with E-state index in [1.807, 2.05) is 28.8 Å². The lowest BCUT2D eigenvalue weighted by Gasteiger charge is -2.25. The van der Waals surface area contributed by atoms with Crippen LogP contribution in [0.15, 0.2) is 42.9 Å². The Morgan fingerprint density at radius 3 is 2.90 bits per heavy atom. The molecule has 0 aromatic carbocycles. The number of aryl methyl sites for hydroxylation is 1. The number of carbonyl (C=O) groups is 3. The Morgan fingerprint density at radius 2 is 2.17 bits per heavy atom. The quantitative estimate of drug-likeness (QED) is 0.429. The van der Waals surface area contributed by atoms with E-state index in [0.717, 1.165) is 16.0 Å². The van der Waals surface area contributed by atoms with E-state index in [2.05, 4.69) is 25.9 Å². The zero-order chi connectivity index (χ0) is 20.2. The second-order valence-electron chi connectivity index (χ2n) is 6.70. The van der Waals surface area contributed by atoms with Gasteiger partial charge in [0.05, 0.1) is 16.9 Å². The molecular weight excluding hydrogens is 394 g/mol. The summed E-state index contributed by atoms with van der Waals surface area (Å²) in [5.41, 5.74) is 0.165. The molecule has 3 N–H and O–H groups in total. The zero-order valence-corrected chi connectivity index (χ0v) is 16.0. The number of thiophene rings is 1. The molecule has 1 saturated heterocycles. The molecule has 4 amide bonds. The molecule has 146 valence electrons. The van der Waals surface area contributed by atoms with E-state index >= 15 is 0 Å². The normalized spacial score (nSPS) is 18.9. The number of amides is 4. The highest BCUT2D eigenvalue weighted by Gasteiger charge is 2.50. The molecule has 5 rings (SSSR count). The Kier molecular flexibility index (Phi) is 3.68. The van der Waals surface area contributed by atoms with E-state index in [4.69, 9.17) is 0 Å². The topological polar surface area (TPSA) is 122 Å². The van der Waals surface area contributed by atoms with E-state index in [1.54, 1.807) is 23.9 Å². The fraction of sp³-hybridized carbons (Fsp3) is 0.167. The lowest BCUT2D eigenvalue weighted by Crippen LogP contribution is -2.54. The summed E-state index contributed by atoms with van der Waals surface area (Å²) in [6, 6.07) is 6.82. The first-order chi connectivity index (χ1) is 14.0. The van der Waals surface area contributed by atoms with Gasteiger partial charge in [-0.25, -0.2) is 14.8 Å². The molecular formula is C18H15N7O3S. The molecule has 11 heteroatoms. The summed E-state index contributed by atoms with van der Waals surface area (Å²) in [5, 5.41) is 7.57. The van der Waals surface area contributed by atoms with Crippen LogP contribution in [0.4, 0.5) is 4.79 Å². The van der Waals surface area contributed by atoms with Crippen molar-refractivity contribution in [3.05, 3.63) is 53.6 Å². The van der Waals surface area contributed by atoms with Gasteiger partial charge in [-0.3, -0.25) is 19.3 Å². The van der Waals surface area contributed by atoms with Crippen LogP contribution in [0.1, 0.15) is 15.5 Å². The van der Waals surface area contributed by atoms with Gasteiger partial charge in [-0.2, -0.15) is 0 Å². The third kappa shape index (κ3) is 2.58. The summed E-state index contributed by atoms with van der Waals surface area (Å²) in [4.78, 5) is 47.0. The van der Waals surface area contributed by atoms with Crippen molar-refractivity contribution in [1.82, 2.24) is 34.9 Å². The number of urea groups is 1. The molecule has 4 aromatic rings. The Balaban J connectivity index is 1.44. The van der Waals surface area contributed by atoms with Gasteiger partial charge in [0.25, 0.3) is 11.8 Å². The molecule has 1 unspecified atom stereocenters. The number of aromatic nitrogens is 4. The maximum Gasteiger partial charge on any atom is 0.322 e. The van der Waals surface area contributed by atoms with Crippen molar-refractivity contribution in [1.29, 1.82) is 0 Å². The fourth-order valence-electron chi connectivity index (χ4n) is 3.50. The minimum atomic E-state index is -1.48. The van der Waals surface area contributed by atoms with Gasteiger partial charge >= 0.3 is 6.03 Å². The zero-order valence-electron chi connectivity index (χ0n) is 15.2. The molecule has 5 heterocycles. The first kappa shape index (κ1) is 17.4. The average molecular weight is 409 g/mol. The summed E-state index contributed by atoms with van der Waals surface area (Å²) < 4.78 is 3.53. The van der Waals surface area contributed by atoms with Crippen LogP contribution in [0.5, 0.6) is 0 Å². The molecule has 0 aliphatic carbocycles. The molecule has 1 aliphatic heterocycles. The Hall–Kier alpha value is -3.73. The van der Waals surface area contributed by atoms with Gasteiger partial charge in [0.2, 0.25) is 0 Å². The number of nitrogens with zero attached hydrogens (tertiary/aromatic N) is 4. The second-order valence-corrected chi connectivity index (χ2v) is 7.73. The van der Waals surface area contributed by atoms with Crippen LogP contribution in [-0.4, -0.2) is 43.3 Å². The monoisotopic (exact) mass is 409 g/mol. The van der Waals surface area contributed by atoms with E-state index in [0.29, 0.717) is 10.7 Å². The maximum atomic E-state index is 12.8. The van der Waals surface area contributed by atoms with Gasteiger partial charge in [-0.05, 0) is 18.2 Å². The maximum absolute atomic E-state index is 12.8. The van der Waals surface area contributed by atoms with Gasteiger partial charge in [0.15, 0.2) is 5.54 Å². The fourth-order valence-corrected chi connectivity index (χ4v) is 4.44. The average Bonchev–Trinajstić information content (AvgIpc) is 3.43. The lowest BCUT2D eigenvalue weighted by molar-refractivity contribution is -0.124. The molecule has 29 heavy (non-hydrogen) atoms. The first-order valence-corrected chi connectivity index (χ1v) is 9.56. The number of pyridine rings is 1. The highest BCUT2D eigenvalue weighted by atomic mass is 32.1. The SMILES string of the molecule is Cn1ccnc1C1(CNC(=O)c2cc3c(nc4ccccn43)s2)NC(=O)NC1=O. The van der Waals surface area contributed by atoms with Gasteiger partial charge in [0.1, 0.15) is 16.3 Å². The molecule has 1 aliphatic rings. The number of hydrogen-bond acceptors (Lipinski definition) is 6. The third-order valence-electron chi connectivity index (χ3n) is 4.89. The Bertz CT molecular complexity index is 1300. The second kappa shape index (κ2) is 6.14. The van der Waals surface area contributed by atoms with E-state index < -0.39 is 17.5 Å². The summed E-state index contributed by atoms with van der Waals surface area (Å²) in [6.45, 7) is -0.141. The summed E-state index contributed by atoms with van der Waals surface area (Å²) in [5.74, 6) is -0.597. The van der Waals surface area contributed by atoms with E-state index in [-0.39, 0.29) is 12.5 Å². The predicted octanol–water partition coefficient (Wildman–Crippen LogP) is 0.747. The standard InChI is InChI=1S/C18H15N7O3S/c1-24-7-5-19-15(24)18(16(27)22-17(28)23-18)9-20-13(26)11-8-10-14(29-11)21-12-4-2-3-6-25(10)12/h2-8H,9H2,1H3,(H,20,26)(H2,22,23,27,28). The van der Waals surface area contributed by atoms with Crippen molar-refractivity contribution >= 4 is 45.2 Å². The minimum absolute atomic E-state index is 0.141. The van der Waals surface area contributed by atoms with Crippen LogP contribution in [0, 0.1) is 0 Å². The highest BCUT2D eigenvalue weighted by molar-refractivity contribution is 7.20. The van der Waals surface area contributed by atoms with Gasteiger partial charge < -0.3 is 15.2 Å².